The molecule has 0 unspecified atom stereocenters. The lowest BCUT2D eigenvalue weighted by atomic mass is 10.1. The zero-order valence-electron chi connectivity index (χ0n) is 11.0. The van der Waals surface area contributed by atoms with E-state index in [9.17, 15) is 4.79 Å². The number of carbonyl (C=O) groups excluding carboxylic acids is 1. The molecule has 0 aromatic carbocycles. The van der Waals surface area contributed by atoms with Crippen LogP contribution >= 0.6 is 0 Å². The fourth-order valence-corrected chi connectivity index (χ4v) is 1.77. The number of nitrogens with one attached hydrogen (secondary N) is 1. The first kappa shape index (κ1) is 14.2. The Morgan fingerprint density at radius 2 is 2.06 bits per heavy atom. The van der Waals surface area contributed by atoms with E-state index >= 15 is 0 Å². The number of carbonyl (C=O) groups is 1. The second kappa shape index (κ2) is 6.77. The Hall–Kier alpha value is -0.870. The van der Waals surface area contributed by atoms with Crippen LogP contribution in [0.3, 0.4) is 0 Å². The highest BCUT2D eigenvalue weighted by Gasteiger charge is 2.38. The molecule has 17 heavy (non-hydrogen) atoms. The minimum Gasteiger partial charge on any atom is -0.379 e. The van der Waals surface area contributed by atoms with Gasteiger partial charge in [-0.1, -0.05) is 13.5 Å². The summed E-state index contributed by atoms with van der Waals surface area (Å²) in [7, 11) is 1.56. The van der Waals surface area contributed by atoms with Gasteiger partial charge >= 0.3 is 0 Å². The summed E-state index contributed by atoms with van der Waals surface area (Å²) in [5.41, 5.74) is 0.678. The Morgan fingerprint density at radius 3 is 2.41 bits per heavy atom. The van der Waals surface area contributed by atoms with Gasteiger partial charge in [0.05, 0.1) is 13.2 Å². The van der Waals surface area contributed by atoms with Crippen molar-refractivity contribution in [2.75, 3.05) is 39.9 Å². The number of ether oxygens (including phenoxy) is 1. The van der Waals surface area contributed by atoms with Crippen LogP contribution in [0, 0.1) is 5.41 Å². The predicted molar refractivity (Wildman–Crippen MR) is 68.9 cm³/mol. The van der Waals surface area contributed by atoms with E-state index in [2.05, 4.69) is 23.7 Å². The van der Waals surface area contributed by atoms with Crippen LogP contribution in [0.15, 0.2) is 12.7 Å². The van der Waals surface area contributed by atoms with Crippen molar-refractivity contribution >= 4 is 5.91 Å². The van der Waals surface area contributed by atoms with E-state index in [4.69, 9.17) is 4.74 Å². The molecule has 4 heteroatoms. The zero-order valence-corrected chi connectivity index (χ0v) is 11.0. The Labute approximate surface area is 104 Å². The molecule has 1 saturated heterocycles. The first-order valence-electron chi connectivity index (χ1n) is 6.24. The maximum atomic E-state index is 9.95. The van der Waals surface area contributed by atoms with Gasteiger partial charge in [0.25, 0.3) is 0 Å². The van der Waals surface area contributed by atoms with Gasteiger partial charge in [-0.25, -0.2) is 0 Å². The summed E-state index contributed by atoms with van der Waals surface area (Å²) in [5.74, 6) is -0.144. The Kier molecular flexibility index (Phi) is 5.65. The third-order valence-electron chi connectivity index (χ3n) is 3.24. The molecule has 1 heterocycles. The van der Waals surface area contributed by atoms with Crippen molar-refractivity contribution in [1.29, 1.82) is 0 Å². The minimum atomic E-state index is -0.144. The van der Waals surface area contributed by atoms with E-state index in [0.29, 0.717) is 5.41 Å². The van der Waals surface area contributed by atoms with Crippen molar-refractivity contribution in [2.24, 2.45) is 5.41 Å². The molecule has 0 atom stereocenters. The number of likely N-dealkylation sites (N-methyl/N-ethyl adjacent to an activating group) is 1. The van der Waals surface area contributed by atoms with Crippen LogP contribution in [0.2, 0.25) is 0 Å². The maximum Gasteiger partial charge on any atom is 0.243 e. The van der Waals surface area contributed by atoms with Crippen LogP contribution in [-0.2, 0) is 9.53 Å². The predicted octanol–water partition coefficient (Wildman–Crippen LogP) is 1.04. The summed E-state index contributed by atoms with van der Waals surface area (Å²) in [6.45, 7) is 11.1. The Balaban J connectivity index is 0.000000209. The molecular weight excluding hydrogens is 216 g/mol. The summed E-state index contributed by atoms with van der Waals surface area (Å²) in [6, 6.07) is 0. The fraction of sp³-hybridized carbons (Fsp3) is 0.769. The van der Waals surface area contributed by atoms with Gasteiger partial charge in [-0.15, -0.1) is 0 Å². The first-order valence-corrected chi connectivity index (χ1v) is 6.24. The molecule has 0 bridgehead atoms. The Morgan fingerprint density at radius 1 is 1.47 bits per heavy atom. The fourth-order valence-electron chi connectivity index (χ4n) is 1.77. The first-order chi connectivity index (χ1) is 8.09. The summed E-state index contributed by atoms with van der Waals surface area (Å²) in [5, 5.41) is 2.36. The smallest absolute Gasteiger partial charge is 0.243 e. The van der Waals surface area contributed by atoms with Crippen molar-refractivity contribution in [1.82, 2.24) is 10.2 Å². The van der Waals surface area contributed by atoms with Crippen molar-refractivity contribution in [2.45, 2.75) is 19.8 Å². The van der Waals surface area contributed by atoms with Gasteiger partial charge in [0.2, 0.25) is 5.91 Å². The lowest BCUT2D eigenvalue weighted by molar-refractivity contribution is -0.116. The van der Waals surface area contributed by atoms with E-state index in [1.165, 1.54) is 25.5 Å². The van der Waals surface area contributed by atoms with Crippen molar-refractivity contribution in [3.05, 3.63) is 12.7 Å². The van der Waals surface area contributed by atoms with Gasteiger partial charge in [-0.05, 0) is 24.3 Å². The van der Waals surface area contributed by atoms with Gasteiger partial charge < -0.3 is 10.1 Å². The maximum absolute atomic E-state index is 9.95. The van der Waals surface area contributed by atoms with E-state index < -0.39 is 0 Å². The molecular formula is C13H24N2O2. The molecule has 2 fully saturated rings. The standard InChI is InChI=1S/C9H17NO.C4H7NO/c1-9(2-3-9)8-10-4-6-11-7-5-10;1-3-4(6)5-2/h2-8H2,1H3;3H,1H2,2H3,(H,5,6). The minimum absolute atomic E-state index is 0.144. The summed E-state index contributed by atoms with van der Waals surface area (Å²) < 4.78 is 5.29. The molecule has 0 aromatic heterocycles. The second-order valence-corrected chi connectivity index (χ2v) is 5.02. The van der Waals surface area contributed by atoms with E-state index in [-0.39, 0.29) is 5.91 Å². The quantitative estimate of drug-likeness (QED) is 0.749. The van der Waals surface area contributed by atoms with Crippen LogP contribution in [0.4, 0.5) is 0 Å². The molecule has 0 aromatic rings. The number of hydrogen-bond donors (Lipinski definition) is 1. The Bertz CT molecular complexity index is 256. The normalized spacial score (nSPS) is 22.0. The van der Waals surface area contributed by atoms with Crippen molar-refractivity contribution < 1.29 is 9.53 Å². The van der Waals surface area contributed by atoms with Gasteiger partial charge in [-0.2, -0.15) is 0 Å². The molecule has 1 N–H and O–H groups in total. The van der Waals surface area contributed by atoms with E-state index in [0.717, 1.165) is 26.3 Å². The highest BCUT2D eigenvalue weighted by atomic mass is 16.5. The average Bonchev–Trinajstić information content (AvgIpc) is 3.07. The third-order valence-corrected chi connectivity index (χ3v) is 3.24. The molecule has 2 aliphatic rings. The lowest BCUT2D eigenvalue weighted by Gasteiger charge is -2.28. The monoisotopic (exact) mass is 240 g/mol. The second-order valence-electron chi connectivity index (χ2n) is 5.02. The van der Waals surface area contributed by atoms with Crippen LogP contribution in [0.25, 0.3) is 0 Å². The van der Waals surface area contributed by atoms with Crippen LogP contribution in [-0.4, -0.2) is 50.7 Å². The van der Waals surface area contributed by atoms with Gasteiger partial charge in [0.1, 0.15) is 0 Å². The van der Waals surface area contributed by atoms with Crippen LogP contribution in [0.5, 0.6) is 0 Å². The number of nitrogens with zero attached hydrogens (tertiary/aromatic N) is 1. The molecule has 2 rings (SSSR count). The topological polar surface area (TPSA) is 41.6 Å². The van der Waals surface area contributed by atoms with Gasteiger partial charge in [0, 0.05) is 26.7 Å². The SMILES string of the molecule is C=CC(=O)NC.CC1(CN2CCOCC2)CC1. The number of morpholine rings is 1. The largest absolute Gasteiger partial charge is 0.379 e. The van der Waals surface area contributed by atoms with E-state index in [1.54, 1.807) is 7.05 Å². The van der Waals surface area contributed by atoms with Crippen molar-refractivity contribution in [3.8, 4) is 0 Å². The highest BCUT2D eigenvalue weighted by Crippen LogP contribution is 2.45. The third kappa shape index (κ3) is 5.84. The number of hydrogen-bond acceptors (Lipinski definition) is 3. The molecule has 98 valence electrons. The zero-order chi connectivity index (χ0) is 12.7. The molecule has 4 nitrogen and oxygen atoms in total. The molecule has 0 radical (unpaired) electrons. The van der Waals surface area contributed by atoms with Crippen LogP contribution < -0.4 is 5.32 Å². The molecule has 1 aliphatic carbocycles. The average molecular weight is 240 g/mol. The summed E-state index contributed by atoms with van der Waals surface area (Å²) in [4.78, 5) is 12.5. The highest BCUT2D eigenvalue weighted by molar-refractivity contribution is 5.86. The van der Waals surface area contributed by atoms with Gasteiger partial charge in [-0.3, -0.25) is 9.69 Å². The molecule has 1 aliphatic heterocycles. The number of rotatable bonds is 3. The van der Waals surface area contributed by atoms with Crippen LogP contribution in [0.1, 0.15) is 19.8 Å². The van der Waals surface area contributed by atoms with Gasteiger partial charge in [0.15, 0.2) is 0 Å². The summed E-state index contributed by atoms with van der Waals surface area (Å²) >= 11 is 0. The van der Waals surface area contributed by atoms with E-state index in [1.807, 2.05) is 0 Å². The molecule has 1 saturated carbocycles. The lowest BCUT2D eigenvalue weighted by Crippen LogP contribution is -2.39. The number of amides is 1. The molecule has 1 amide bonds. The molecule has 0 spiro atoms. The summed E-state index contributed by atoms with van der Waals surface area (Å²) in [6.07, 6.45) is 4.09. The van der Waals surface area contributed by atoms with Crippen molar-refractivity contribution in [3.63, 3.8) is 0 Å².